The molecule has 0 heterocycles. The van der Waals surface area contributed by atoms with E-state index in [0.717, 1.165) is 17.6 Å². The molecular weight excluding hydrogens is 244 g/mol. The molecule has 1 atom stereocenters. The van der Waals surface area contributed by atoms with Crippen molar-refractivity contribution < 1.29 is 4.79 Å². The molecule has 0 aliphatic heterocycles. The Morgan fingerprint density at radius 3 is 2.40 bits per heavy atom. The van der Waals surface area contributed by atoms with Gasteiger partial charge < -0.3 is 0 Å². The predicted octanol–water partition coefficient (Wildman–Crippen LogP) is 4.53. The van der Waals surface area contributed by atoms with Crippen molar-refractivity contribution in [3.8, 4) is 0 Å². The van der Waals surface area contributed by atoms with Crippen LogP contribution in [-0.4, -0.2) is 5.78 Å². The molecule has 0 aromatic heterocycles. The largest absolute Gasteiger partial charge is 0.295 e. The van der Waals surface area contributed by atoms with Crippen molar-refractivity contribution in [2.24, 2.45) is 0 Å². The molecular formula is C19H18O. The Morgan fingerprint density at radius 1 is 1.00 bits per heavy atom. The van der Waals surface area contributed by atoms with Gasteiger partial charge in [0.2, 0.25) is 0 Å². The van der Waals surface area contributed by atoms with Crippen LogP contribution in [0.25, 0.3) is 6.08 Å². The van der Waals surface area contributed by atoms with Crippen LogP contribution in [0.1, 0.15) is 35.4 Å². The molecule has 0 spiro atoms. The number of ketones is 1. The summed E-state index contributed by atoms with van der Waals surface area (Å²) in [5.74, 6) is 0.546. The van der Waals surface area contributed by atoms with Gasteiger partial charge in [0.05, 0.1) is 0 Å². The van der Waals surface area contributed by atoms with Crippen LogP contribution in [-0.2, 0) is 4.79 Å². The number of carbonyl (C=O) groups is 1. The number of rotatable bonds is 2. The zero-order chi connectivity index (χ0) is 13.9. The third-order valence-electron chi connectivity index (χ3n) is 3.96. The first-order valence-corrected chi connectivity index (χ1v) is 7.10. The molecule has 0 N–H and O–H groups in total. The smallest absolute Gasteiger partial charge is 0.159 e. The topological polar surface area (TPSA) is 17.1 Å². The fourth-order valence-corrected chi connectivity index (χ4v) is 2.82. The standard InChI is InChI=1S/C19H18O/c1-14-7-9-15(10-8-14)13-18-17(11-12-19(18)20)16-5-3-2-4-6-16/h2-10,13,17H,11-12H2,1H3/b18-13+/t17-/m1/s1. The van der Waals surface area contributed by atoms with Crippen molar-refractivity contribution in [3.05, 3.63) is 76.9 Å². The highest BCUT2D eigenvalue weighted by atomic mass is 16.1. The molecule has 1 saturated carbocycles. The number of benzene rings is 2. The SMILES string of the molecule is Cc1ccc(/C=C2/C(=O)CC[C@@H]2c2ccccc2)cc1. The van der Waals surface area contributed by atoms with Crippen LogP contribution in [0.15, 0.2) is 60.2 Å². The number of allylic oxidation sites excluding steroid dienone is 1. The van der Waals surface area contributed by atoms with Gasteiger partial charge in [0, 0.05) is 17.9 Å². The Balaban J connectivity index is 1.96. The van der Waals surface area contributed by atoms with Crippen LogP contribution in [0.4, 0.5) is 0 Å². The van der Waals surface area contributed by atoms with Gasteiger partial charge in [-0.2, -0.15) is 0 Å². The molecule has 1 fully saturated rings. The van der Waals surface area contributed by atoms with Gasteiger partial charge in [0.15, 0.2) is 5.78 Å². The van der Waals surface area contributed by atoms with E-state index in [4.69, 9.17) is 0 Å². The van der Waals surface area contributed by atoms with Gasteiger partial charge >= 0.3 is 0 Å². The zero-order valence-electron chi connectivity index (χ0n) is 11.7. The summed E-state index contributed by atoms with van der Waals surface area (Å²) in [6, 6.07) is 18.7. The first-order chi connectivity index (χ1) is 9.74. The predicted molar refractivity (Wildman–Crippen MR) is 82.6 cm³/mol. The molecule has 1 aliphatic rings. The van der Waals surface area contributed by atoms with Gasteiger partial charge in [-0.1, -0.05) is 60.2 Å². The van der Waals surface area contributed by atoms with Gasteiger partial charge in [-0.05, 0) is 30.5 Å². The van der Waals surface area contributed by atoms with Crippen LogP contribution in [0.5, 0.6) is 0 Å². The highest BCUT2D eigenvalue weighted by molar-refractivity contribution is 6.03. The molecule has 100 valence electrons. The monoisotopic (exact) mass is 262 g/mol. The molecule has 0 bridgehead atoms. The van der Waals surface area contributed by atoms with Gasteiger partial charge in [-0.25, -0.2) is 0 Å². The Morgan fingerprint density at radius 2 is 1.70 bits per heavy atom. The second-order valence-electron chi connectivity index (χ2n) is 5.44. The summed E-state index contributed by atoms with van der Waals surface area (Å²) in [6.45, 7) is 2.07. The van der Waals surface area contributed by atoms with E-state index in [1.54, 1.807) is 0 Å². The van der Waals surface area contributed by atoms with Gasteiger partial charge in [-0.3, -0.25) is 4.79 Å². The summed E-state index contributed by atoms with van der Waals surface area (Å²) in [4.78, 5) is 12.2. The molecule has 1 nitrogen and oxygen atoms in total. The van der Waals surface area contributed by atoms with Crippen LogP contribution >= 0.6 is 0 Å². The number of Topliss-reactive ketones (excluding diaryl/α,β-unsaturated/α-hetero) is 1. The Hall–Kier alpha value is -2.15. The van der Waals surface area contributed by atoms with Gasteiger partial charge in [-0.15, -0.1) is 0 Å². The Labute approximate surface area is 120 Å². The molecule has 3 rings (SSSR count). The Kier molecular flexibility index (Phi) is 3.51. The zero-order valence-corrected chi connectivity index (χ0v) is 11.7. The molecule has 0 radical (unpaired) electrons. The lowest BCUT2D eigenvalue weighted by Gasteiger charge is -2.11. The summed E-state index contributed by atoms with van der Waals surface area (Å²) in [5, 5.41) is 0. The van der Waals surface area contributed by atoms with E-state index in [2.05, 4.69) is 49.4 Å². The summed E-state index contributed by atoms with van der Waals surface area (Å²) in [7, 11) is 0. The maximum atomic E-state index is 12.2. The van der Waals surface area contributed by atoms with Crippen molar-refractivity contribution >= 4 is 11.9 Å². The Bertz CT molecular complexity index is 635. The van der Waals surface area contributed by atoms with Gasteiger partial charge in [0.1, 0.15) is 0 Å². The minimum atomic E-state index is 0.255. The summed E-state index contributed by atoms with van der Waals surface area (Å²) < 4.78 is 0. The number of aryl methyl sites for hydroxylation is 1. The molecule has 0 unspecified atom stereocenters. The molecule has 2 aromatic rings. The number of hydrogen-bond donors (Lipinski definition) is 0. The maximum absolute atomic E-state index is 12.2. The van der Waals surface area contributed by atoms with E-state index in [0.29, 0.717) is 12.2 Å². The third kappa shape index (κ3) is 2.57. The van der Waals surface area contributed by atoms with E-state index in [-0.39, 0.29) is 5.92 Å². The molecule has 2 aromatic carbocycles. The van der Waals surface area contributed by atoms with Crippen LogP contribution in [0, 0.1) is 6.92 Å². The van der Waals surface area contributed by atoms with Crippen molar-refractivity contribution in [2.75, 3.05) is 0 Å². The molecule has 1 heteroatoms. The minimum Gasteiger partial charge on any atom is -0.295 e. The highest BCUT2D eigenvalue weighted by Crippen LogP contribution is 2.37. The summed E-state index contributed by atoms with van der Waals surface area (Å²) in [5.41, 5.74) is 4.56. The first-order valence-electron chi connectivity index (χ1n) is 7.10. The van der Waals surface area contributed by atoms with E-state index < -0.39 is 0 Å². The normalized spacial score (nSPS) is 20.6. The van der Waals surface area contributed by atoms with Crippen molar-refractivity contribution in [3.63, 3.8) is 0 Å². The lowest BCUT2D eigenvalue weighted by atomic mass is 9.92. The minimum absolute atomic E-state index is 0.255. The second-order valence-corrected chi connectivity index (χ2v) is 5.44. The van der Waals surface area contributed by atoms with Crippen molar-refractivity contribution in [1.82, 2.24) is 0 Å². The van der Waals surface area contributed by atoms with E-state index in [1.165, 1.54) is 11.1 Å². The lowest BCUT2D eigenvalue weighted by molar-refractivity contribution is -0.114. The van der Waals surface area contributed by atoms with Gasteiger partial charge in [0.25, 0.3) is 0 Å². The fourth-order valence-electron chi connectivity index (χ4n) is 2.82. The molecule has 0 saturated heterocycles. The number of hydrogen-bond acceptors (Lipinski definition) is 1. The molecule has 20 heavy (non-hydrogen) atoms. The van der Waals surface area contributed by atoms with Crippen molar-refractivity contribution in [1.29, 1.82) is 0 Å². The fraction of sp³-hybridized carbons (Fsp3) is 0.211. The maximum Gasteiger partial charge on any atom is 0.159 e. The lowest BCUT2D eigenvalue weighted by Crippen LogP contribution is -2.00. The van der Waals surface area contributed by atoms with Crippen LogP contribution in [0.3, 0.4) is 0 Å². The average molecular weight is 262 g/mol. The first kappa shape index (κ1) is 12.9. The molecule has 1 aliphatic carbocycles. The van der Waals surface area contributed by atoms with E-state index in [1.807, 2.05) is 18.2 Å². The quantitative estimate of drug-likeness (QED) is 0.727. The summed E-state index contributed by atoms with van der Waals surface area (Å²) in [6.07, 6.45) is 3.66. The van der Waals surface area contributed by atoms with Crippen LogP contribution in [0.2, 0.25) is 0 Å². The van der Waals surface area contributed by atoms with E-state index >= 15 is 0 Å². The molecule has 0 amide bonds. The third-order valence-corrected chi connectivity index (χ3v) is 3.96. The number of carbonyl (C=O) groups excluding carboxylic acids is 1. The average Bonchev–Trinajstić information content (AvgIpc) is 2.84. The van der Waals surface area contributed by atoms with Crippen molar-refractivity contribution in [2.45, 2.75) is 25.7 Å². The summed E-state index contributed by atoms with van der Waals surface area (Å²) >= 11 is 0. The van der Waals surface area contributed by atoms with E-state index in [9.17, 15) is 4.79 Å². The second kappa shape index (κ2) is 5.46. The highest BCUT2D eigenvalue weighted by Gasteiger charge is 2.29. The van der Waals surface area contributed by atoms with Crippen LogP contribution < -0.4 is 0 Å².